The highest BCUT2D eigenvalue weighted by Crippen LogP contribution is 2.32. The van der Waals surface area contributed by atoms with Crippen molar-refractivity contribution in [1.82, 2.24) is 9.55 Å². The van der Waals surface area contributed by atoms with Crippen molar-refractivity contribution in [1.29, 1.82) is 0 Å². The van der Waals surface area contributed by atoms with E-state index in [1.54, 1.807) is 18.2 Å². The largest absolute Gasteiger partial charge is 0.308 e. The molecular formula is C23H22BrN3O2. The molecule has 0 unspecified atom stereocenters. The van der Waals surface area contributed by atoms with Gasteiger partial charge in [0.1, 0.15) is 5.82 Å². The third-order valence-corrected chi connectivity index (χ3v) is 6.49. The number of anilines is 1. The highest BCUT2D eigenvalue weighted by molar-refractivity contribution is 9.10. The number of halogens is 1. The van der Waals surface area contributed by atoms with Crippen molar-refractivity contribution >= 4 is 38.4 Å². The summed E-state index contributed by atoms with van der Waals surface area (Å²) in [5.74, 6) is 0.810. The van der Waals surface area contributed by atoms with Gasteiger partial charge < -0.3 is 4.90 Å². The SMILES string of the molecule is O=C(c1ccc2c(=O)n3c(nc2c1)CCCCCC3)N1CCc2cc(Br)ccc21. The Hall–Kier alpha value is -2.47. The number of aromatic nitrogens is 2. The van der Waals surface area contributed by atoms with Crippen LogP contribution in [-0.4, -0.2) is 22.0 Å². The van der Waals surface area contributed by atoms with E-state index in [-0.39, 0.29) is 11.5 Å². The van der Waals surface area contributed by atoms with E-state index in [2.05, 4.69) is 22.0 Å². The molecule has 0 aliphatic carbocycles. The van der Waals surface area contributed by atoms with E-state index in [1.165, 1.54) is 12.0 Å². The summed E-state index contributed by atoms with van der Waals surface area (Å²) in [5.41, 5.74) is 3.36. The summed E-state index contributed by atoms with van der Waals surface area (Å²) >= 11 is 3.50. The van der Waals surface area contributed by atoms with Crippen LogP contribution in [0.25, 0.3) is 10.9 Å². The summed E-state index contributed by atoms with van der Waals surface area (Å²) in [6.45, 7) is 1.40. The molecule has 0 spiro atoms. The summed E-state index contributed by atoms with van der Waals surface area (Å²) < 4.78 is 2.86. The number of carbonyl (C=O) groups excluding carboxylic acids is 1. The molecular weight excluding hydrogens is 430 g/mol. The van der Waals surface area contributed by atoms with Crippen molar-refractivity contribution in [3.63, 3.8) is 0 Å². The molecule has 3 heterocycles. The first-order valence-electron chi connectivity index (χ1n) is 10.3. The van der Waals surface area contributed by atoms with Crippen molar-refractivity contribution in [3.05, 3.63) is 68.2 Å². The molecule has 0 atom stereocenters. The summed E-state index contributed by atoms with van der Waals surface area (Å²) in [6, 6.07) is 11.3. The third kappa shape index (κ3) is 3.29. The van der Waals surface area contributed by atoms with E-state index < -0.39 is 0 Å². The van der Waals surface area contributed by atoms with E-state index >= 15 is 0 Å². The number of carbonyl (C=O) groups is 1. The maximum atomic E-state index is 13.2. The lowest BCUT2D eigenvalue weighted by Gasteiger charge is -2.19. The zero-order valence-corrected chi connectivity index (χ0v) is 17.7. The van der Waals surface area contributed by atoms with Gasteiger partial charge in [-0.25, -0.2) is 4.98 Å². The van der Waals surface area contributed by atoms with Gasteiger partial charge >= 0.3 is 0 Å². The van der Waals surface area contributed by atoms with Crippen LogP contribution in [0.1, 0.15) is 47.4 Å². The Morgan fingerprint density at radius 3 is 2.72 bits per heavy atom. The molecule has 3 aromatic rings. The fourth-order valence-corrected chi connectivity index (χ4v) is 4.87. The van der Waals surface area contributed by atoms with Crippen LogP contribution in [0.2, 0.25) is 0 Å². The molecule has 5 nitrogen and oxygen atoms in total. The Labute approximate surface area is 177 Å². The summed E-state index contributed by atoms with van der Waals surface area (Å²) in [7, 11) is 0. The smallest absolute Gasteiger partial charge is 0.261 e. The second kappa shape index (κ2) is 7.41. The Kier molecular flexibility index (Phi) is 4.74. The molecule has 2 aromatic carbocycles. The topological polar surface area (TPSA) is 55.2 Å². The molecule has 0 saturated carbocycles. The van der Waals surface area contributed by atoms with E-state index in [9.17, 15) is 9.59 Å². The molecule has 0 radical (unpaired) electrons. The molecule has 5 rings (SSSR count). The highest BCUT2D eigenvalue weighted by Gasteiger charge is 2.26. The number of aryl methyl sites for hydroxylation is 1. The van der Waals surface area contributed by atoms with Crippen LogP contribution in [0.4, 0.5) is 5.69 Å². The summed E-state index contributed by atoms with van der Waals surface area (Å²) in [5, 5.41) is 0.594. The Bertz CT molecular complexity index is 1180. The number of rotatable bonds is 1. The van der Waals surface area contributed by atoms with Gasteiger partial charge in [0.05, 0.1) is 10.9 Å². The number of hydrogen-bond donors (Lipinski definition) is 0. The lowest BCUT2D eigenvalue weighted by Crippen LogP contribution is -2.29. The van der Waals surface area contributed by atoms with Gasteiger partial charge in [0.15, 0.2) is 0 Å². The molecule has 6 heteroatoms. The van der Waals surface area contributed by atoms with Crippen LogP contribution in [-0.2, 0) is 19.4 Å². The predicted molar refractivity (Wildman–Crippen MR) is 118 cm³/mol. The number of benzene rings is 2. The number of hydrogen-bond acceptors (Lipinski definition) is 3. The van der Waals surface area contributed by atoms with Crippen LogP contribution < -0.4 is 10.5 Å². The van der Waals surface area contributed by atoms with Gasteiger partial charge in [0.2, 0.25) is 0 Å². The summed E-state index contributed by atoms with van der Waals surface area (Å²) in [6.07, 6.45) is 6.07. The number of amides is 1. The van der Waals surface area contributed by atoms with Gasteiger partial charge in [-0.2, -0.15) is 0 Å². The van der Waals surface area contributed by atoms with Crippen LogP contribution >= 0.6 is 15.9 Å². The van der Waals surface area contributed by atoms with Gasteiger partial charge in [0, 0.05) is 35.2 Å². The van der Waals surface area contributed by atoms with Gasteiger partial charge in [-0.1, -0.05) is 28.8 Å². The molecule has 0 bridgehead atoms. The van der Waals surface area contributed by atoms with Crippen molar-refractivity contribution in [2.45, 2.75) is 45.1 Å². The maximum absolute atomic E-state index is 13.2. The van der Waals surface area contributed by atoms with E-state index in [1.807, 2.05) is 21.6 Å². The lowest BCUT2D eigenvalue weighted by molar-refractivity contribution is 0.0989. The second-order valence-electron chi connectivity index (χ2n) is 7.86. The maximum Gasteiger partial charge on any atom is 0.261 e. The van der Waals surface area contributed by atoms with Gasteiger partial charge in [-0.15, -0.1) is 0 Å². The van der Waals surface area contributed by atoms with Crippen LogP contribution in [0, 0.1) is 0 Å². The third-order valence-electron chi connectivity index (χ3n) is 6.00. The number of fused-ring (bicyclic) bond motifs is 3. The Morgan fingerprint density at radius 2 is 1.83 bits per heavy atom. The van der Waals surface area contributed by atoms with Crippen molar-refractivity contribution in [2.24, 2.45) is 0 Å². The average Bonchev–Trinajstić information content (AvgIpc) is 3.11. The fourth-order valence-electron chi connectivity index (χ4n) is 4.47. The molecule has 1 aromatic heterocycles. The molecule has 2 aliphatic rings. The first-order chi connectivity index (χ1) is 14.1. The quantitative estimate of drug-likeness (QED) is 0.547. The van der Waals surface area contributed by atoms with Crippen molar-refractivity contribution in [3.8, 4) is 0 Å². The van der Waals surface area contributed by atoms with Gasteiger partial charge in [-0.05, 0) is 61.2 Å². The van der Waals surface area contributed by atoms with Crippen LogP contribution in [0.5, 0.6) is 0 Å². The van der Waals surface area contributed by atoms with E-state index in [0.29, 0.717) is 23.0 Å². The van der Waals surface area contributed by atoms with E-state index in [4.69, 9.17) is 4.98 Å². The molecule has 1 amide bonds. The van der Waals surface area contributed by atoms with Crippen LogP contribution in [0.3, 0.4) is 0 Å². The van der Waals surface area contributed by atoms with E-state index in [0.717, 1.165) is 54.6 Å². The van der Waals surface area contributed by atoms with Gasteiger partial charge in [0.25, 0.3) is 11.5 Å². The second-order valence-corrected chi connectivity index (χ2v) is 8.78. The standard InChI is InChI=1S/C23H22BrN3O2/c24-17-7-9-20-15(13-17)10-12-26(20)22(28)16-6-8-18-19(14-16)25-21-5-3-1-2-4-11-27(21)23(18)29/h6-9,13-14H,1-5,10-12H2. The molecule has 0 fully saturated rings. The molecule has 2 aliphatic heterocycles. The molecule has 0 N–H and O–H groups in total. The molecule has 148 valence electrons. The predicted octanol–water partition coefficient (Wildman–Crippen LogP) is 4.48. The molecule has 29 heavy (non-hydrogen) atoms. The van der Waals surface area contributed by atoms with Crippen molar-refractivity contribution in [2.75, 3.05) is 11.4 Å². The monoisotopic (exact) mass is 451 g/mol. The Morgan fingerprint density at radius 1 is 0.966 bits per heavy atom. The Balaban J connectivity index is 1.54. The van der Waals surface area contributed by atoms with Gasteiger partial charge in [-0.3, -0.25) is 14.2 Å². The fraction of sp³-hybridized carbons (Fsp3) is 0.348. The summed E-state index contributed by atoms with van der Waals surface area (Å²) in [4.78, 5) is 32.8. The van der Waals surface area contributed by atoms with Crippen molar-refractivity contribution < 1.29 is 4.79 Å². The minimum Gasteiger partial charge on any atom is -0.308 e. The first-order valence-corrected chi connectivity index (χ1v) is 11.0. The minimum absolute atomic E-state index is 0.0160. The lowest BCUT2D eigenvalue weighted by atomic mass is 10.1. The average molecular weight is 452 g/mol. The minimum atomic E-state index is -0.0402. The molecule has 0 saturated heterocycles. The number of nitrogens with zero attached hydrogens (tertiary/aromatic N) is 3. The highest BCUT2D eigenvalue weighted by atomic mass is 79.9. The zero-order valence-electron chi connectivity index (χ0n) is 16.2. The van der Waals surface area contributed by atoms with Crippen LogP contribution in [0.15, 0.2) is 45.7 Å². The first kappa shape index (κ1) is 18.6. The normalized spacial score (nSPS) is 16.2. The zero-order chi connectivity index (χ0) is 20.0.